The number of nitrogens with one attached hydrogen (secondary N) is 1. The lowest BCUT2D eigenvalue weighted by molar-refractivity contribution is 0.0600. The topological polar surface area (TPSA) is 64.6 Å². The summed E-state index contributed by atoms with van der Waals surface area (Å²) in [4.78, 5) is 23.9. The normalized spacial score (nSPS) is 10.1. The number of ether oxygens (including phenoxy) is 2. The molecule has 5 heteroatoms. The van der Waals surface area contributed by atoms with Crippen molar-refractivity contribution < 1.29 is 19.1 Å². The summed E-state index contributed by atoms with van der Waals surface area (Å²) in [7, 11) is 1.32. The monoisotopic (exact) mass is 361 g/mol. The maximum atomic E-state index is 12.5. The van der Waals surface area contributed by atoms with Gasteiger partial charge in [0.05, 0.1) is 12.7 Å². The molecule has 0 saturated carbocycles. The van der Waals surface area contributed by atoms with Gasteiger partial charge >= 0.3 is 5.97 Å². The van der Waals surface area contributed by atoms with Gasteiger partial charge in [-0.3, -0.25) is 4.79 Å². The Hall–Kier alpha value is -3.60. The van der Waals surface area contributed by atoms with E-state index in [1.54, 1.807) is 42.5 Å². The largest absolute Gasteiger partial charge is 0.489 e. The summed E-state index contributed by atoms with van der Waals surface area (Å²) in [6.07, 6.45) is 0. The highest BCUT2D eigenvalue weighted by Crippen LogP contribution is 2.17. The van der Waals surface area contributed by atoms with Crippen molar-refractivity contribution in [3.63, 3.8) is 0 Å². The van der Waals surface area contributed by atoms with Gasteiger partial charge in [0.1, 0.15) is 12.4 Å². The number of hydrogen-bond donors (Lipinski definition) is 1. The van der Waals surface area contributed by atoms with Crippen molar-refractivity contribution in [2.45, 2.75) is 6.61 Å². The molecule has 0 unspecified atom stereocenters. The molecule has 0 saturated heterocycles. The van der Waals surface area contributed by atoms with E-state index in [-0.39, 0.29) is 5.91 Å². The molecule has 3 rings (SSSR count). The second-order valence-electron chi connectivity index (χ2n) is 5.83. The van der Waals surface area contributed by atoms with Gasteiger partial charge in [-0.25, -0.2) is 4.79 Å². The zero-order valence-electron chi connectivity index (χ0n) is 14.8. The first kappa shape index (κ1) is 18.2. The van der Waals surface area contributed by atoms with Gasteiger partial charge < -0.3 is 14.8 Å². The number of carbonyl (C=O) groups is 2. The minimum Gasteiger partial charge on any atom is -0.489 e. The van der Waals surface area contributed by atoms with Gasteiger partial charge in [-0.05, 0) is 48.0 Å². The summed E-state index contributed by atoms with van der Waals surface area (Å²) in [5.74, 6) is -0.0605. The van der Waals surface area contributed by atoms with Crippen LogP contribution in [0.2, 0.25) is 0 Å². The molecule has 0 heterocycles. The fraction of sp³-hybridized carbons (Fsp3) is 0.0909. The Balaban J connectivity index is 1.63. The second kappa shape index (κ2) is 8.67. The van der Waals surface area contributed by atoms with Gasteiger partial charge in [-0.15, -0.1) is 0 Å². The average Bonchev–Trinajstić information content (AvgIpc) is 2.73. The van der Waals surface area contributed by atoms with Crippen LogP contribution in [0.4, 0.5) is 5.69 Å². The highest BCUT2D eigenvalue weighted by Gasteiger charge is 2.09. The van der Waals surface area contributed by atoms with E-state index >= 15 is 0 Å². The van der Waals surface area contributed by atoms with Crippen LogP contribution >= 0.6 is 0 Å². The van der Waals surface area contributed by atoms with Crippen molar-refractivity contribution in [2.75, 3.05) is 12.4 Å². The molecule has 5 nitrogen and oxygen atoms in total. The lowest BCUT2D eigenvalue weighted by Crippen LogP contribution is -2.12. The molecule has 3 aromatic rings. The van der Waals surface area contributed by atoms with Crippen molar-refractivity contribution in [2.24, 2.45) is 0 Å². The Morgan fingerprint density at radius 2 is 1.59 bits per heavy atom. The van der Waals surface area contributed by atoms with Crippen LogP contribution in [0.5, 0.6) is 5.75 Å². The van der Waals surface area contributed by atoms with Crippen molar-refractivity contribution in [1.82, 2.24) is 0 Å². The summed E-state index contributed by atoms with van der Waals surface area (Å²) < 4.78 is 10.4. The van der Waals surface area contributed by atoms with Crippen molar-refractivity contribution in [3.05, 3.63) is 95.6 Å². The van der Waals surface area contributed by atoms with Gasteiger partial charge in [0, 0.05) is 11.3 Å². The van der Waals surface area contributed by atoms with E-state index in [2.05, 4.69) is 10.1 Å². The highest BCUT2D eigenvalue weighted by atomic mass is 16.5. The molecule has 0 aliphatic rings. The van der Waals surface area contributed by atoms with Crippen molar-refractivity contribution >= 4 is 17.6 Å². The van der Waals surface area contributed by atoms with Crippen LogP contribution in [0, 0.1) is 0 Å². The summed E-state index contributed by atoms with van der Waals surface area (Å²) in [6, 6.07) is 23.3. The molecule has 136 valence electrons. The number of hydrogen-bond acceptors (Lipinski definition) is 4. The molecule has 0 aliphatic heterocycles. The maximum Gasteiger partial charge on any atom is 0.337 e. The molecular weight excluding hydrogens is 342 g/mol. The van der Waals surface area contributed by atoms with Crippen LogP contribution in [-0.2, 0) is 11.3 Å². The Morgan fingerprint density at radius 3 is 2.30 bits per heavy atom. The van der Waals surface area contributed by atoms with E-state index in [9.17, 15) is 9.59 Å². The van der Waals surface area contributed by atoms with Crippen LogP contribution in [0.1, 0.15) is 26.3 Å². The molecule has 0 spiro atoms. The molecule has 1 N–H and O–H groups in total. The number of esters is 1. The molecule has 3 aromatic carbocycles. The van der Waals surface area contributed by atoms with E-state index < -0.39 is 5.97 Å². The number of amides is 1. The van der Waals surface area contributed by atoms with E-state index in [1.807, 2.05) is 36.4 Å². The van der Waals surface area contributed by atoms with Gasteiger partial charge in [-0.1, -0.05) is 36.4 Å². The third-order valence-corrected chi connectivity index (χ3v) is 3.91. The van der Waals surface area contributed by atoms with Crippen LogP contribution in [0.25, 0.3) is 0 Å². The first-order chi connectivity index (χ1) is 13.2. The van der Waals surface area contributed by atoms with Gasteiger partial charge in [0.25, 0.3) is 5.91 Å². The molecule has 1 amide bonds. The van der Waals surface area contributed by atoms with Gasteiger partial charge in [-0.2, -0.15) is 0 Å². The average molecular weight is 361 g/mol. The Bertz CT molecular complexity index is 921. The quantitative estimate of drug-likeness (QED) is 0.665. The number of carbonyl (C=O) groups excluding carboxylic acids is 2. The first-order valence-corrected chi connectivity index (χ1v) is 8.42. The fourth-order valence-corrected chi connectivity index (χ4v) is 2.48. The van der Waals surface area contributed by atoms with Crippen molar-refractivity contribution in [3.8, 4) is 5.75 Å². The lowest BCUT2D eigenvalue weighted by Gasteiger charge is -2.09. The van der Waals surface area contributed by atoms with Crippen LogP contribution < -0.4 is 10.1 Å². The molecular formula is C22H19NO4. The molecule has 0 atom stereocenters. The molecule has 0 bridgehead atoms. The SMILES string of the molecule is COC(=O)c1ccc(NC(=O)c2cccc(OCc3ccccc3)c2)cc1. The summed E-state index contributed by atoms with van der Waals surface area (Å²) >= 11 is 0. The zero-order chi connectivity index (χ0) is 19.1. The predicted molar refractivity (Wildman–Crippen MR) is 103 cm³/mol. The molecule has 0 aliphatic carbocycles. The smallest absolute Gasteiger partial charge is 0.337 e. The minimum atomic E-state index is -0.420. The highest BCUT2D eigenvalue weighted by molar-refractivity contribution is 6.04. The standard InChI is InChI=1S/C22H19NO4/c1-26-22(25)17-10-12-19(13-11-17)23-21(24)18-8-5-9-20(14-18)27-15-16-6-3-2-4-7-16/h2-14H,15H2,1H3,(H,23,24). The Morgan fingerprint density at radius 1 is 0.852 bits per heavy atom. The lowest BCUT2D eigenvalue weighted by atomic mass is 10.1. The number of rotatable bonds is 6. The third-order valence-electron chi connectivity index (χ3n) is 3.91. The molecule has 27 heavy (non-hydrogen) atoms. The van der Waals surface area contributed by atoms with Crippen LogP contribution in [-0.4, -0.2) is 19.0 Å². The summed E-state index contributed by atoms with van der Waals surface area (Å²) in [5.41, 5.74) is 2.55. The maximum absolute atomic E-state index is 12.5. The van der Waals surface area contributed by atoms with E-state index in [0.717, 1.165) is 5.56 Å². The summed E-state index contributed by atoms with van der Waals surface area (Å²) in [5, 5.41) is 2.80. The van der Waals surface area contributed by atoms with E-state index in [4.69, 9.17) is 4.74 Å². The molecule has 0 fully saturated rings. The van der Waals surface area contributed by atoms with E-state index in [0.29, 0.717) is 29.2 Å². The Labute approximate surface area is 157 Å². The van der Waals surface area contributed by atoms with Crippen LogP contribution in [0.3, 0.4) is 0 Å². The number of benzene rings is 3. The fourth-order valence-electron chi connectivity index (χ4n) is 2.48. The Kier molecular flexibility index (Phi) is 5.84. The first-order valence-electron chi connectivity index (χ1n) is 8.42. The zero-order valence-corrected chi connectivity index (χ0v) is 14.8. The summed E-state index contributed by atoms with van der Waals surface area (Å²) in [6.45, 7) is 0.431. The number of methoxy groups -OCH3 is 1. The van der Waals surface area contributed by atoms with Crippen LogP contribution in [0.15, 0.2) is 78.9 Å². The van der Waals surface area contributed by atoms with Gasteiger partial charge in [0.15, 0.2) is 0 Å². The molecule has 0 radical (unpaired) electrons. The van der Waals surface area contributed by atoms with E-state index in [1.165, 1.54) is 7.11 Å². The third kappa shape index (κ3) is 4.95. The van der Waals surface area contributed by atoms with Crippen molar-refractivity contribution in [1.29, 1.82) is 0 Å². The molecule has 0 aromatic heterocycles. The second-order valence-corrected chi connectivity index (χ2v) is 5.83. The predicted octanol–water partition coefficient (Wildman–Crippen LogP) is 4.30. The number of anilines is 1. The van der Waals surface area contributed by atoms with Gasteiger partial charge in [0.2, 0.25) is 0 Å². The minimum absolute atomic E-state index is 0.258.